The first kappa shape index (κ1) is 10.6. The molecular formula is C11H17N3. The lowest BCUT2D eigenvalue weighted by Gasteiger charge is -2.13. The maximum atomic E-state index is 5.42. The molecule has 0 amide bonds. The van der Waals surface area contributed by atoms with Crippen LogP contribution in [0.5, 0.6) is 0 Å². The average Bonchev–Trinajstić information content (AvgIpc) is 2.64. The molecule has 0 aliphatic carbocycles. The number of anilines is 1. The molecule has 1 rings (SSSR count). The van der Waals surface area contributed by atoms with Crippen molar-refractivity contribution in [2.45, 2.75) is 39.3 Å². The Morgan fingerprint density at radius 3 is 3.00 bits per heavy atom. The number of imidazole rings is 1. The quantitative estimate of drug-likeness (QED) is 0.722. The highest BCUT2D eigenvalue weighted by atomic mass is 15.2. The second-order valence-corrected chi connectivity index (χ2v) is 3.19. The van der Waals surface area contributed by atoms with Crippen molar-refractivity contribution in [3.05, 3.63) is 12.4 Å². The van der Waals surface area contributed by atoms with Crippen molar-refractivity contribution in [2.24, 2.45) is 0 Å². The Hall–Kier alpha value is -1.43. The Morgan fingerprint density at radius 1 is 1.64 bits per heavy atom. The Morgan fingerprint density at radius 2 is 2.43 bits per heavy atom. The van der Waals surface area contributed by atoms with Crippen LogP contribution in [-0.4, -0.2) is 15.6 Å². The predicted octanol–water partition coefficient (Wildman–Crippen LogP) is 2.12. The van der Waals surface area contributed by atoms with Crippen molar-refractivity contribution in [3.8, 4) is 12.3 Å². The summed E-state index contributed by atoms with van der Waals surface area (Å²) in [6.07, 6.45) is 11.2. The van der Waals surface area contributed by atoms with Gasteiger partial charge in [-0.2, -0.15) is 0 Å². The zero-order chi connectivity index (χ0) is 10.4. The van der Waals surface area contributed by atoms with Gasteiger partial charge in [0.15, 0.2) is 0 Å². The molecule has 1 aromatic rings. The van der Waals surface area contributed by atoms with Crippen LogP contribution < -0.4 is 5.32 Å². The number of hydrogen-bond donors (Lipinski definition) is 1. The van der Waals surface area contributed by atoms with E-state index in [1.54, 1.807) is 6.20 Å². The molecule has 14 heavy (non-hydrogen) atoms. The fraction of sp³-hybridized carbons (Fsp3) is 0.545. The first-order chi connectivity index (χ1) is 6.81. The fourth-order valence-electron chi connectivity index (χ4n) is 1.35. The lowest BCUT2D eigenvalue weighted by Crippen LogP contribution is -2.19. The number of aromatic nitrogens is 2. The molecule has 0 fully saturated rings. The van der Waals surface area contributed by atoms with E-state index in [1.165, 1.54) is 0 Å². The van der Waals surface area contributed by atoms with E-state index in [4.69, 9.17) is 6.42 Å². The van der Waals surface area contributed by atoms with E-state index >= 15 is 0 Å². The van der Waals surface area contributed by atoms with Gasteiger partial charge in [0.25, 0.3) is 0 Å². The number of nitrogens with one attached hydrogen (secondary N) is 1. The molecule has 1 unspecified atom stereocenters. The molecule has 0 bridgehead atoms. The first-order valence-corrected chi connectivity index (χ1v) is 5.05. The molecule has 0 aromatic carbocycles. The fourth-order valence-corrected chi connectivity index (χ4v) is 1.35. The zero-order valence-electron chi connectivity index (χ0n) is 8.83. The van der Waals surface area contributed by atoms with E-state index in [0.717, 1.165) is 25.3 Å². The molecule has 3 nitrogen and oxygen atoms in total. The Balaban J connectivity index is 2.62. The summed E-state index contributed by atoms with van der Waals surface area (Å²) in [7, 11) is 0. The summed E-state index contributed by atoms with van der Waals surface area (Å²) >= 11 is 0. The lowest BCUT2D eigenvalue weighted by molar-refractivity contribution is 0.716. The van der Waals surface area contributed by atoms with Crippen LogP contribution >= 0.6 is 0 Å². The van der Waals surface area contributed by atoms with Crippen LogP contribution in [0.4, 0.5) is 5.95 Å². The maximum absolute atomic E-state index is 5.42. The highest BCUT2D eigenvalue weighted by molar-refractivity contribution is 5.31. The third kappa shape index (κ3) is 2.53. The van der Waals surface area contributed by atoms with Gasteiger partial charge < -0.3 is 9.88 Å². The minimum Gasteiger partial charge on any atom is -0.342 e. The van der Waals surface area contributed by atoms with Crippen molar-refractivity contribution in [1.82, 2.24) is 9.55 Å². The minimum absolute atomic E-state index is 0.0905. The molecule has 1 aromatic heterocycles. The summed E-state index contributed by atoms with van der Waals surface area (Å²) in [5.74, 6) is 3.59. The summed E-state index contributed by atoms with van der Waals surface area (Å²) in [6.45, 7) is 5.11. The highest BCUT2D eigenvalue weighted by Gasteiger charge is 2.06. The van der Waals surface area contributed by atoms with Crippen molar-refractivity contribution in [3.63, 3.8) is 0 Å². The van der Waals surface area contributed by atoms with Crippen LogP contribution in [0.3, 0.4) is 0 Å². The molecule has 0 saturated carbocycles. The molecule has 0 radical (unpaired) electrons. The molecule has 0 aliphatic rings. The van der Waals surface area contributed by atoms with Crippen LogP contribution in [0.1, 0.15) is 26.7 Å². The van der Waals surface area contributed by atoms with Crippen LogP contribution in [0.2, 0.25) is 0 Å². The van der Waals surface area contributed by atoms with Crippen LogP contribution in [0.15, 0.2) is 12.4 Å². The summed E-state index contributed by atoms with van der Waals surface area (Å²) < 4.78 is 2.04. The normalized spacial score (nSPS) is 12.1. The second-order valence-electron chi connectivity index (χ2n) is 3.19. The minimum atomic E-state index is 0.0905. The molecule has 0 saturated heterocycles. The lowest BCUT2D eigenvalue weighted by atomic mass is 10.2. The van der Waals surface area contributed by atoms with Gasteiger partial charge in [-0.25, -0.2) is 4.98 Å². The number of hydrogen-bond acceptors (Lipinski definition) is 2. The van der Waals surface area contributed by atoms with E-state index in [1.807, 2.05) is 10.8 Å². The average molecular weight is 191 g/mol. The van der Waals surface area contributed by atoms with Crippen LogP contribution in [-0.2, 0) is 6.54 Å². The number of nitrogens with zero attached hydrogens (tertiary/aromatic N) is 2. The number of terminal acetylenes is 1. The third-order valence-corrected chi connectivity index (χ3v) is 2.14. The van der Waals surface area contributed by atoms with Gasteiger partial charge in [0, 0.05) is 18.9 Å². The van der Waals surface area contributed by atoms with E-state index in [2.05, 4.69) is 30.1 Å². The van der Waals surface area contributed by atoms with Gasteiger partial charge >= 0.3 is 0 Å². The van der Waals surface area contributed by atoms with E-state index in [-0.39, 0.29) is 6.04 Å². The largest absolute Gasteiger partial charge is 0.342 e. The molecular weight excluding hydrogens is 174 g/mol. The SMILES string of the molecule is C#CC(CCC)Nc1nccn1CC. The number of rotatable bonds is 5. The Labute approximate surface area is 85.5 Å². The molecule has 3 heteroatoms. The molecule has 1 heterocycles. The summed E-state index contributed by atoms with van der Waals surface area (Å²) in [4.78, 5) is 4.21. The highest BCUT2D eigenvalue weighted by Crippen LogP contribution is 2.08. The second kappa shape index (κ2) is 5.33. The third-order valence-electron chi connectivity index (χ3n) is 2.14. The van der Waals surface area contributed by atoms with Gasteiger partial charge in [-0.1, -0.05) is 19.3 Å². The molecule has 76 valence electrons. The van der Waals surface area contributed by atoms with Gasteiger partial charge in [-0.15, -0.1) is 6.42 Å². The molecule has 0 aliphatic heterocycles. The van der Waals surface area contributed by atoms with Crippen molar-refractivity contribution < 1.29 is 0 Å². The standard InChI is InChI=1S/C11H17N3/c1-4-7-10(5-2)13-11-12-8-9-14(11)6-3/h2,8-10H,4,6-7H2,1,3H3,(H,12,13). The van der Waals surface area contributed by atoms with Gasteiger partial charge in [0.05, 0.1) is 6.04 Å². The van der Waals surface area contributed by atoms with Gasteiger partial charge in [-0.05, 0) is 13.3 Å². The summed E-state index contributed by atoms with van der Waals surface area (Å²) in [6, 6.07) is 0.0905. The molecule has 0 spiro atoms. The molecule has 1 atom stereocenters. The summed E-state index contributed by atoms with van der Waals surface area (Å²) in [5.41, 5.74) is 0. The van der Waals surface area contributed by atoms with Crippen LogP contribution in [0.25, 0.3) is 0 Å². The smallest absolute Gasteiger partial charge is 0.203 e. The Kier molecular flexibility index (Phi) is 4.06. The van der Waals surface area contributed by atoms with Crippen molar-refractivity contribution in [2.75, 3.05) is 5.32 Å². The van der Waals surface area contributed by atoms with Gasteiger partial charge in [0.2, 0.25) is 5.95 Å². The zero-order valence-corrected chi connectivity index (χ0v) is 8.83. The number of aryl methyl sites for hydroxylation is 1. The predicted molar refractivity (Wildman–Crippen MR) is 59.1 cm³/mol. The monoisotopic (exact) mass is 191 g/mol. The van der Waals surface area contributed by atoms with Crippen molar-refractivity contribution in [1.29, 1.82) is 0 Å². The summed E-state index contributed by atoms with van der Waals surface area (Å²) in [5, 5.41) is 3.24. The van der Waals surface area contributed by atoms with Crippen molar-refractivity contribution >= 4 is 5.95 Å². The first-order valence-electron chi connectivity index (χ1n) is 5.05. The van der Waals surface area contributed by atoms with Crippen LogP contribution in [0, 0.1) is 12.3 Å². The van der Waals surface area contributed by atoms with E-state index in [0.29, 0.717) is 0 Å². The van der Waals surface area contributed by atoms with Gasteiger partial charge in [0.1, 0.15) is 0 Å². The Bertz CT molecular complexity index is 309. The molecule has 1 N–H and O–H groups in total. The van der Waals surface area contributed by atoms with E-state index in [9.17, 15) is 0 Å². The van der Waals surface area contributed by atoms with Gasteiger partial charge in [-0.3, -0.25) is 0 Å². The maximum Gasteiger partial charge on any atom is 0.203 e. The van der Waals surface area contributed by atoms with E-state index < -0.39 is 0 Å². The topological polar surface area (TPSA) is 29.9 Å².